The third kappa shape index (κ3) is 2.42. The van der Waals surface area contributed by atoms with E-state index in [0.29, 0.717) is 16.9 Å². The molecule has 1 aliphatic rings. The molecule has 0 aliphatic carbocycles. The molecule has 0 saturated carbocycles. The van der Waals surface area contributed by atoms with Gasteiger partial charge in [-0.3, -0.25) is 23.3 Å². The number of aryl methyl sites for hydroxylation is 1. The minimum atomic E-state index is -0.493. The van der Waals surface area contributed by atoms with Gasteiger partial charge in [-0.2, -0.15) is 0 Å². The second-order valence-corrected chi connectivity index (χ2v) is 6.22. The Morgan fingerprint density at radius 1 is 1.00 bits per heavy atom. The quantitative estimate of drug-likeness (QED) is 0.657. The van der Waals surface area contributed by atoms with Crippen molar-refractivity contribution >= 4 is 11.0 Å². The SMILES string of the molecule is Cn1c(=O)c2ccc(=O)n(CC3COc4ccccc4O3)c2n(C)c1=O. The summed E-state index contributed by atoms with van der Waals surface area (Å²) in [5.41, 5.74) is -0.979. The molecule has 1 atom stereocenters. The molecule has 0 bridgehead atoms. The fourth-order valence-corrected chi connectivity index (χ4v) is 3.21. The molecule has 0 spiro atoms. The van der Waals surface area contributed by atoms with Crippen molar-refractivity contribution in [2.75, 3.05) is 6.61 Å². The maximum absolute atomic E-state index is 12.5. The first-order valence-corrected chi connectivity index (χ1v) is 8.15. The lowest BCUT2D eigenvalue weighted by molar-refractivity contribution is 0.0785. The Labute approximate surface area is 147 Å². The van der Waals surface area contributed by atoms with Gasteiger partial charge < -0.3 is 9.47 Å². The Morgan fingerprint density at radius 3 is 2.50 bits per heavy atom. The van der Waals surface area contributed by atoms with Gasteiger partial charge in [0.2, 0.25) is 0 Å². The molecule has 1 unspecified atom stereocenters. The molecule has 4 rings (SSSR count). The molecule has 2 aromatic heterocycles. The van der Waals surface area contributed by atoms with Crippen LogP contribution in [0.2, 0.25) is 0 Å². The van der Waals surface area contributed by atoms with Gasteiger partial charge in [0.15, 0.2) is 17.6 Å². The van der Waals surface area contributed by atoms with Crippen molar-refractivity contribution in [2.45, 2.75) is 12.6 Å². The van der Waals surface area contributed by atoms with Crippen LogP contribution in [0.4, 0.5) is 0 Å². The highest BCUT2D eigenvalue weighted by molar-refractivity contribution is 5.74. The van der Waals surface area contributed by atoms with Gasteiger partial charge in [0.05, 0.1) is 11.9 Å². The predicted molar refractivity (Wildman–Crippen MR) is 95.0 cm³/mol. The highest BCUT2D eigenvalue weighted by Gasteiger charge is 2.23. The predicted octanol–water partition coefficient (Wildman–Crippen LogP) is 0.239. The number of aromatic nitrogens is 3. The smallest absolute Gasteiger partial charge is 0.332 e. The third-order valence-electron chi connectivity index (χ3n) is 4.54. The Bertz CT molecular complexity index is 1190. The van der Waals surface area contributed by atoms with Gasteiger partial charge in [-0.1, -0.05) is 12.1 Å². The first kappa shape index (κ1) is 16.2. The third-order valence-corrected chi connectivity index (χ3v) is 4.54. The second kappa shape index (κ2) is 5.91. The number of ether oxygens (including phenoxy) is 2. The van der Waals surface area contributed by atoms with Crippen LogP contribution in [-0.2, 0) is 20.6 Å². The zero-order valence-corrected chi connectivity index (χ0v) is 14.3. The number of hydrogen-bond donors (Lipinski definition) is 0. The van der Waals surface area contributed by atoms with E-state index in [4.69, 9.17) is 9.47 Å². The van der Waals surface area contributed by atoms with Crippen LogP contribution in [0.3, 0.4) is 0 Å². The molecule has 0 N–H and O–H groups in total. The van der Waals surface area contributed by atoms with Crippen molar-refractivity contribution in [1.29, 1.82) is 0 Å². The molecule has 0 saturated heterocycles. The van der Waals surface area contributed by atoms with Gasteiger partial charge in [0, 0.05) is 20.2 Å². The maximum atomic E-state index is 12.5. The van der Waals surface area contributed by atoms with E-state index < -0.39 is 17.4 Å². The van der Waals surface area contributed by atoms with Crippen molar-refractivity contribution in [3.8, 4) is 11.5 Å². The van der Waals surface area contributed by atoms with Gasteiger partial charge in [-0.25, -0.2) is 4.79 Å². The van der Waals surface area contributed by atoms with E-state index in [-0.39, 0.29) is 24.4 Å². The van der Waals surface area contributed by atoms with Gasteiger partial charge in [-0.15, -0.1) is 0 Å². The van der Waals surface area contributed by atoms with Gasteiger partial charge >= 0.3 is 5.69 Å². The Balaban J connectivity index is 1.83. The summed E-state index contributed by atoms with van der Waals surface area (Å²) in [7, 11) is 2.95. The summed E-state index contributed by atoms with van der Waals surface area (Å²) < 4.78 is 15.3. The van der Waals surface area contributed by atoms with E-state index in [1.807, 2.05) is 18.2 Å². The Morgan fingerprint density at radius 2 is 1.73 bits per heavy atom. The lowest BCUT2D eigenvalue weighted by Crippen LogP contribution is -2.42. The molecule has 0 amide bonds. The normalized spacial score (nSPS) is 16.0. The second-order valence-electron chi connectivity index (χ2n) is 6.22. The lowest BCUT2D eigenvalue weighted by atomic mass is 10.2. The van der Waals surface area contributed by atoms with Crippen LogP contribution in [0.15, 0.2) is 50.8 Å². The topological polar surface area (TPSA) is 84.5 Å². The molecule has 134 valence electrons. The average Bonchev–Trinajstić information content (AvgIpc) is 2.66. The highest BCUT2D eigenvalue weighted by Crippen LogP contribution is 2.31. The van der Waals surface area contributed by atoms with Crippen molar-refractivity contribution in [2.24, 2.45) is 14.1 Å². The summed E-state index contributed by atoms with van der Waals surface area (Å²) >= 11 is 0. The highest BCUT2D eigenvalue weighted by atomic mass is 16.6. The summed E-state index contributed by atoms with van der Waals surface area (Å²) in [5, 5.41) is 0.298. The Hall–Kier alpha value is -3.29. The van der Waals surface area contributed by atoms with Crippen LogP contribution >= 0.6 is 0 Å². The molecule has 1 aromatic carbocycles. The number of pyridine rings is 1. The first-order valence-electron chi connectivity index (χ1n) is 8.15. The summed E-state index contributed by atoms with van der Waals surface area (Å²) in [6, 6.07) is 10.1. The molecule has 1 aliphatic heterocycles. The van der Waals surface area contributed by atoms with E-state index in [0.717, 1.165) is 4.57 Å². The first-order chi connectivity index (χ1) is 12.5. The monoisotopic (exact) mass is 355 g/mol. The standard InChI is InChI=1S/C18H17N3O5/c1-19-16-12(17(23)20(2)18(19)24)7-8-15(22)21(16)9-11-10-25-13-5-3-4-6-14(13)26-11/h3-8,11H,9-10H2,1-2H3. The zero-order chi connectivity index (χ0) is 18.4. The molecule has 3 aromatic rings. The summed E-state index contributed by atoms with van der Waals surface area (Å²) in [6.45, 7) is 0.420. The van der Waals surface area contributed by atoms with Crippen molar-refractivity contribution in [1.82, 2.24) is 13.7 Å². The van der Waals surface area contributed by atoms with E-state index in [1.54, 1.807) is 6.07 Å². The van der Waals surface area contributed by atoms with Gasteiger partial charge in [-0.05, 0) is 18.2 Å². The lowest BCUT2D eigenvalue weighted by Gasteiger charge is -2.27. The number of para-hydroxylation sites is 2. The average molecular weight is 355 g/mol. The minimum Gasteiger partial charge on any atom is -0.486 e. The van der Waals surface area contributed by atoms with Crippen molar-refractivity contribution < 1.29 is 9.47 Å². The molecule has 0 radical (unpaired) electrons. The van der Waals surface area contributed by atoms with Crippen LogP contribution in [0.5, 0.6) is 11.5 Å². The zero-order valence-electron chi connectivity index (χ0n) is 14.3. The summed E-state index contributed by atoms with van der Waals surface area (Å²) in [6.07, 6.45) is -0.424. The molecule has 26 heavy (non-hydrogen) atoms. The number of hydrogen-bond acceptors (Lipinski definition) is 5. The van der Waals surface area contributed by atoms with Crippen LogP contribution in [0.1, 0.15) is 0 Å². The van der Waals surface area contributed by atoms with Crippen molar-refractivity contribution in [3.05, 3.63) is 67.6 Å². The minimum absolute atomic E-state index is 0.158. The van der Waals surface area contributed by atoms with Crippen LogP contribution in [0.25, 0.3) is 11.0 Å². The molecule has 0 fully saturated rings. The summed E-state index contributed by atoms with van der Waals surface area (Å²) in [5.74, 6) is 1.25. The maximum Gasteiger partial charge on any atom is 0.332 e. The molecule has 8 nitrogen and oxygen atoms in total. The molecular formula is C18H17N3O5. The van der Waals surface area contributed by atoms with Crippen LogP contribution < -0.4 is 26.3 Å². The molecule has 3 heterocycles. The number of fused-ring (bicyclic) bond motifs is 2. The number of nitrogens with zero attached hydrogens (tertiary/aromatic N) is 3. The Kier molecular flexibility index (Phi) is 3.68. The molecule has 8 heteroatoms. The summed E-state index contributed by atoms with van der Waals surface area (Å²) in [4.78, 5) is 37.1. The van der Waals surface area contributed by atoms with E-state index in [2.05, 4.69) is 0 Å². The van der Waals surface area contributed by atoms with Crippen molar-refractivity contribution in [3.63, 3.8) is 0 Å². The fourth-order valence-electron chi connectivity index (χ4n) is 3.21. The van der Waals surface area contributed by atoms with E-state index >= 15 is 0 Å². The van der Waals surface area contributed by atoms with Crippen LogP contribution in [-0.4, -0.2) is 26.4 Å². The fraction of sp³-hybridized carbons (Fsp3) is 0.278. The largest absolute Gasteiger partial charge is 0.486 e. The van der Waals surface area contributed by atoms with Gasteiger partial charge in [0.1, 0.15) is 12.3 Å². The number of benzene rings is 1. The van der Waals surface area contributed by atoms with E-state index in [1.165, 1.54) is 35.4 Å². The van der Waals surface area contributed by atoms with E-state index in [9.17, 15) is 14.4 Å². The van der Waals surface area contributed by atoms with Crippen LogP contribution in [0, 0.1) is 0 Å². The molecular weight excluding hydrogens is 338 g/mol. The van der Waals surface area contributed by atoms with Gasteiger partial charge in [0.25, 0.3) is 11.1 Å². The number of rotatable bonds is 2.